The first-order valence-electron chi connectivity index (χ1n) is 14.0. The summed E-state index contributed by atoms with van der Waals surface area (Å²) in [5.41, 5.74) is 3.99. The van der Waals surface area contributed by atoms with Crippen LogP contribution in [0.5, 0.6) is 11.5 Å². The Balaban J connectivity index is 1.23. The number of halogens is 1. The smallest absolute Gasteiger partial charge is 0.251 e. The number of nitrogens with one attached hydrogen (secondary N) is 1. The summed E-state index contributed by atoms with van der Waals surface area (Å²) >= 11 is 5.90. The molecule has 0 saturated heterocycles. The number of aryl methyl sites for hydroxylation is 2. The van der Waals surface area contributed by atoms with Crippen LogP contribution in [-0.2, 0) is 19.4 Å². The lowest BCUT2D eigenvalue weighted by molar-refractivity contribution is 0.0953. The molecule has 1 N–H and O–H groups in total. The van der Waals surface area contributed by atoms with Crippen molar-refractivity contribution >= 4 is 28.5 Å². The topological polar surface area (TPSA) is 65.4 Å². The van der Waals surface area contributed by atoms with Crippen LogP contribution < -0.4 is 14.8 Å². The number of hydrogen-bond donors (Lipinski definition) is 1. The van der Waals surface area contributed by atoms with Crippen molar-refractivity contribution in [3.63, 3.8) is 0 Å². The first-order valence-corrected chi connectivity index (χ1v) is 14.4. The molecule has 3 aromatic carbocycles. The molecule has 0 aliphatic rings. The van der Waals surface area contributed by atoms with Crippen LogP contribution in [0.25, 0.3) is 11.0 Å². The maximum Gasteiger partial charge on any atom is 0.251 e. The average Bonchev–Trinajstić information content (AvgIpc) is 3.32. The van der Waals surface area contributed by atoms with Crippen LogP contribution >= 0.6 is 11.6 Å². The third-order valence-electron chi connectivity index (χ3n) is 6.84. The summed E-state index contributed by atoms with van der Waals surface area (Å²) in [7, 11) is 1.67. The Labute approximate surface area is 242 Å². The van der Waals surface area contributed by atoms with E-state index in [0.29, 0.717) is 23.7 Å². The molecular weight excluding hydrogens is 522 g/mol. The molecule has 0 aliphatic carbocycles. The van der Waals surface area contributed by atoms with E-state index in [1.165, 1.54) is 5.52 Å². The molecule has 0 unspecified atom stereocenters. The van der Waals surface area contributed by atoms with Gasteiger partial charge >= 0.3 is 0 Å². The zero-order valence-corrected chi connectivity index (χ0v) is 24.0. The number of carbonyl (C=O) groups is 1. The number of unbranched alkanes of at least 4 members (excludes halogenated alkanes) is 3. The predicted octanol–water partition coefficient (Wildman–Crippen LogP) is 7.43. The second kappa shape index (κ2) is 15.1. The molecule has 7 heteroatoms. The van der Waals surface area contributed by atoms with Crippen LogP contribution in [0.4, 0.5) is 0 Å². The molecule has 0 atom stereocenters. The molecule has 0 saturated carbocycles. The maximum absolute atomic E-state index is 12.3. The Kier molecular flexibility index (Phi) is 11.1. The van der Waals surface area contributed by atoms with E-state index in [1.54, 1.807) is 31.4 Å². The number of allylic oxidation sites excluding steroid dienone is 1. The maximum atomic E-state index is 12.3. The van der Waals surface area contributed by atoms with E-state index in [2.05, 4.69) is 40.7 Å². The van der Waals surface area contributed by atoms with Gasteiger partial charge in [-0.25, -0.2) is 4.98 Å². The third kappa shape index (κ3) is 8.12. The molecule has 0 spiro atoms. The minimum Gasteiger partial charge on any atom is -0.493 e. The monoisotopic (exact) mass is 559 g/mol. The summed E-state index contributed by atoms with van der Waals surface area (Å²) in [6, 6.07) is 21.3. The average molecular weight is 560 g/mol. The number of ether oxygens (including phenoxy) is 2. The van der Waals surface area contributed by atoms with Gasteiger partial charge in [0.05, 0.1) is 24.8 Å². The summed E-state index contributed by atoms with van der Waals surface area (Å²) in [5.74, 6) is 2.58. The fourth-order valence-electron chi connectivity index (χ4n) is 4.73. The van der Waals surface area contributed by atoms with Crippen LogP contribution in [0.2, 0.25) is 5.02 Å². The minimum atomic E-state index is -0.0643. The number of amides is 1. The molecule has 1 heterocycles. The predicted molar refractivity (Wildman–Crippen MR) is 163 cm³/mol. The number of imidazole rings is 1. The first-order chi connectivity index (χ1) is 19.6. The largest absolute Gasteiger partial charge is 0.493 e. The molecule has 210 valence electrons. The van der Waals surface area contributed by atoms with Gasteiger partial charge in [0.2, 0.25) is 0 Å². The molecule has 1 aromatic heterocycles. The van der Waals surface area contributed by atoms with Gasteiger partial charge in [0, 0.05) is 30.1 Å². The molecule has 6 nitrogen and oxygen atoms in total. The lowest BCUT2D eigenvalue weighted by atomic mass is 10.1. The van der Waals surface area contributed by atoms with Crippen molar-refractivity contribution in [3.05, 3.63) is 101 Å². The first kappa shape index (κ1) is 29.2. The number of aromatic nitrogens is 2. The summed E-state index contributed by atoms with van der Waals surface area (Å²) in [4.78, 5) is 17.2. The van der Waals surface area contributed by atoms with Crippen LogP contribution in [0.3, 0.4) is 0 Å². The van der Waals surface area contributed by atoms with Gasteiger partial charge in [0.25, 0.3) is 5.91 Å². The number of fused-ring (bicyclic) bond motifs is 1. The highest BCUT2D eigenvalue weighted by molar-refractivity contribution is 6.30. The van der Waals surface area contributed by atoms with Crippen molar-refractivity contribution in [2.45, 2.75) is 51.5 Å². The molecule has 0 bridgehead atoms. The fourth-order valence-corrected chi connectivity index (χ4v) is 4.86. The van der Waals surface area contributed by atoms with Crippen molar-refractivity contribution < 1.29 is 14.3 Å². The van der Waals surface area contributed by atoms with Crippen molar-refractivity contribution in [2.75, 3.05) is 20.3 Å². The highest BCUT2D eigenvalue weighted by atomic mass is 35.5. The van der Waals surface area contributed by atoms with Gasteiger partial charge in [0.1, 0.15) is 5.82 Å². The summed E-state index contributed by atoms with van der Waals surface area (Å²) < 4.78 is 13.9. The Morgan fingerprint density at radius 3 is 2.62 bits per heavy atom. The number of nitrogens with zero attached hydrogens (tertiary/aromatic N) is 2. The van der Waals surface area contributed by atoms with E-state index in [9.17, 15) is 4.79 Å². The zero-order valence-electron chi connectivity index (χ0n) is 23.2. The highest BCUT2D eigenvalue weighted by Crippen LogP contribution is 2.28. The van der Waals surface area contributed by atoms with Gasteiger partial charge in [-0.15, -0.1) is 6.58 Å². The van der Waals surface area contributed by atoms with Crippen molar-refractivity contribution in [3.8, 4) is 11.5 Å². The van der Waals surface area contributed by atoms with E-state index in [-0.39, 0.29) is 5.91 Å². The molecule has 40 heavy (non-hydrogen) atoms. The molecule has 0 aliphatic heterocycles. The van der Waals surface area contributed by atoms with E-state index in [1.807, 2.05) is 24.3 Å². The van der Waals surface area contributed by atoms with Gasteiger partial charge in [-0.2, -0.15) is 0 Å². The van der Waals surface area contributed by atoms with Crippen LogP contribution in [-0.4, -0.2) is 35.7 Å². The van der Waals surface area contributed by atoms with E-state index < -0.39 is 0 Å². The Morgan fingerprint density at radius 1 is 1.00 bits per heavy atom. The summed E-state index contributed by atoms with van der Waals surface area (Å²) in [6.45, 7) is 5.97. The summed E-state index contributed by atoms with van der Waals surface area (Å²) in [6.07, 6.45) is 8.47. The van der Waals surface area contributed by atoms with Gasteiger partial charge in [-0.3, -0.25) is 4.79 Å². The molecule has 0 fully saturated rings. The number of para-hydroxylation sites is 2. The molecule has 1 amide bonds. The number of rotatable bonds is 16. The third-order valence-corrected chi connectivity index (χ3v) is 7.10. The van der Waals surface area contributed by atoms with Crippen LogP contribution in [0, 0.1) is 0 Å². The number of hydrogen-bond acceptors (Lipinski definition) is 4. The quantitative estimate of drug-likeness (QED) is 0.114. The van der Waals surface area contributed by atoms with E-state index in [0.717, 1.165) is 79.9 Å². The van der Waals surface area contributed by atoms with Gasteiger partial charge in [0.15, 0.2) is 11.5 Å². The molecule has 0 radical (unpaired) electrons. The number of benzene rings is 3. The van der Waals surface area contributed by atoms with Crippen LogP contribution in [0.15, 0.2) is 79.4 Å². The lowest BCUT2D eigenvalue weighted by Crippen LogP contribution is -2.24. The summed E-state index contributed by atoms with van der Waals surface area (Å²) in [5, 5.41) is 3.62. The number of methoxy groups -OCH3 is 1. The van der Waals surface area contributed by atoms with Gasteiger partial charge in [-0.05, 0) is 86.2 Å². The molecular formula is C33H38ClN3O3. The lowest BCUT2D eigenvalue weighted by Gasteiger charge is -2.13. The van der Waals surface area contributed by atoms with E-state index >= 15 is 0 Å². The standard InChI is InChI=1S/C33H38ClN3O3/c1-3-11-25-15-20-30(31(24-25)39-2)40-23-10-9-22-37-29-13-7-6-12-28(29)36-32(37)14-5-4-8-21-35-33(38)26-16-18-27(34)19-17-26/h3,6-7,12-13,15-20,24H,1,4-5,8-11,14,21-23H2,2H3,(H,35,38). The Hall–Kier alpha value is -3.77. The van der Waals surface area contributed by atoms with Gasteiger partial charge < -0.3 is 19.4 Å². The SMILES string of the molecule is C=CCc1ccc(OCCCCn2c(CCCCCNC(=O)c3ccc(Cl)cc3)nc3ccccc32)c(OC)c1. The molecule has 4 rings (SSSR count). The van der Waals surface area contributed by atoms with Crippen molar-refractivity contribution in [1.29, 1.82) is 0 Å². The normalized spacial score (nSPS) is 10.9. The minimum absolute atomic E-state index is 0.0643. The number of carbonyl (C=O) groups excluding carboxylic acids is 1. The Bertz CT molecular complexity index is 1400. The highest BCUT2D eigenvalue weighted by Gasteiger charge is 2.11. The van der Waals surface area contributed by atoms with Crippen LogP contribution in [0.1, 0.15) is 53.8 Å². The molecule has 4 aromatic rings. The zero-order chi connectivity index (χ0) is 28.2. The van der Waals surface area contributed by atoms with Gasteiger partial charge in [-0.1, -0.05) is 42.3 Å². The van der Waals surface area contributed by atoms with Crippen molar-refractivity contribution in [2.24, 2.45) is 0 Å². The second-order valence-corrected chi connectivity index (χ2v) is 10.2. The van der Waals surface area contributed by atoms with E-state index in [4.69, 9.17) is 26.1 Å². The Morgan fingerprint density at radius 2 is 1.82 bits per heavy atom. The van der Waals surface area contributed by atoms with Crippen molar-refractivity contribution in [1.82, 2.24) is 14.9 Å². The fraction of sp³-hybridized carbons (Fsp3) is 0.333. The second-order valence-electron chi connectivity index (χ2n) is 9.78.